The molecule has 1 aromatic carbocycles. The van der Waals surface area contributed by atoms with Crippen LogP contribution in [-0.2, 0) is 0 Å². The van der Waals surface area contributed by atoms with Gasteiger partial charge in [0.25, 0.3) is 0 Å². The van der Waals surface area contributed by atoms with Gasteiger partial charge in [-0.2, -0.15) is 5.10 Å². The van der Waals surface area contributed by atoms with Crippen molar-refractivity contribution in [3.05, 3.63) is 36.5 Å². The molecule has 0 radical (unpaired) electrons. The molecule has 0 saturated carbocycles. The number of pyridine rings is 1. The van der Waals surface area contributed by atoms with Gasteiger partial charge in [0, 0.05) is 22.7 Å². The number of hydrogen-bond acceptors (Lipinski definition) is 3. The first kappa shape index (κ1) is 12.6. The van der Waals surface area contributed by atoms with Gasteiger partial charge < -0.3 is 0 Å². The van der Waals surface area contributed by atoms with Gasteiger partial charge in [-0.1, -0.05) is 39.0 Å². The predicted molar refractivity (Wildman–Crippen MR) is 77.9 cm³/mol. The van der Waals surface area contributed by atoms with Crippen LogP contribution in [0.1, 0.15) is 27.7 Å². The Morgan fingerprint density at radius 3 is 2.61 bits per heavy atom. The normalized spacial score (nSPS) is 12.8. The Hall–Kier alpha value is -1.90. The first-order valence-electron chi connectivity index (χ1n) is 6.13. The van der Waals surface area contributed by atoms with E-state index in [4.69, 9.17) is 0 Å². The molecular formula is C15H19N3. The maximum absolute atomic E-state index is 4.44. The highest BCUT2D eigenvalue weighted by Crippen LogP contribution is 2.21. The lowest BCUT2D eigenvalue weighted by Gasteiger charge is -2.18. The van der Waals surface area contributed by atoms with E-state index >= 15 is 0 Å². The average molecular weight is 241 g/mol. The first-order valence-corrected chi connectivity index (χ1v) is 6.13. The topological polar surface area (TPSA) is 37.3 Å². The Morgan fingerprint density at radius 1 is 1.17 bits per heavy atom. The number of anilines is 1. The maximum atomic E-state index is 4.44. The van der Waals surface area contributed by atoms with Gasteiger partial charge in [0.15, 0.2) is 0 Å². The molecule has 0 aliphatic rings. The summed E-state index contributed by atoms with van der Waals surface area (Å²) in [5, 5.41) is 5.56. The standard InChI is InChI=1S/C15H19N3/c1-11(15(2,3)4)17-18-13-9-5-7-12-8-6-10-16-14(12)13/h5-10,18H,1-4H3. The highest BCUT2D eigenvalue weighted by atomic mass is 15.3. The van der Waals surface area contributed by atoms with E-state index in [-0.39, 0.29) is 5.41 Å². The molecule has 0 bridgehead atoms. The summed E-state index contributed by atoms with van der Waals surface area (Å²) in [6, 6.07) is 10.0. The quantitative estimate of drug-likeness (QED) is 0.635. The lowest BCUT2D eigenvalue weighted by Crippen LogP contribution is -2.18. The van der Waals surface area contributed by atoms with Gasteiger partial charge in [-0.05, 0) is 19.1 Å². The summed E-state index contributed by atoms with van der Waals surface area (Å²) in [5.74, 6) is 0. The summed E-state index contributed by atoms with van der Waals surface area (Å²) in [4.78, 5) is 4.39. The fourth-order valence-corrected chi connectivity index (χ4v) is 1.51. The number of hydrazone groups is 1. The van der Waals surface area contributed by atoms with Gasteiger partial charge in [0.2, 0.25) is 0 Å². The van der Waals surface area contributed by atoms with Crippen LogP contribution in [0, 0.1) is 5.41 Å². The summed E-state index contributed by atoms with van der Waals surface area (Å²) < 4.78 is 0. The highest BCUT2D eigenvalue weighted by Gasteiger charge is 2.14. The monoisotopic (exact) mass is 241 g/mol. The number of nitrogens with zero attached hydrogens (tertiary/aromatic N) is 2. The molecule has 94 valence electrons. The molecule has 0 spiro atoms. The van der Waals surface area contributed by atoms with Gasteiger partial charge in [0.1, 0.15) is 0 Å². The molecule has 0 saturated heterocycles. The van der Waals surface area contributed by atoms with Gasteiger partial charge >= 0.3 is 0 Å². The van der Waals surface area contributed by atoms with E-state index in [1.54, 1.807) is 6.20 Å². The summed E-state index contributed by atoms with van der Waals surface area (Å²) in [7, 11) is 0. The second-order valence-electron chi connectivity index (χ2n) is 5.44. The van der Waals surface area contributed by atoms with Crippen LogP contribution in [0.4, 0.5) is 5.69 Å². The Bertz CT molecular complexity index is 574. The summed E-state index contributed by atoms with van der Waals surface area (Å²) in [6.45, 7) is 8.48. The molecule has 0 aliphatic heterocycles. The van der Waals surface area contributed by atoms with E-state index in [1.807, 2.05) is 37.3 Å². The van der Waals surface area contributed by atoms with Crippen molar-refractivity contribution < 1.29 is 0 Å². The number of rotatable bonds is 2. The van der Waals surface area contributed by atoms with Crippen LogP contribution < -0.4 is 5.43 Å². The molecule has 0 aliphatic carbocycles. The van der Waals surface area contributed by atoms with E-state index in [2.05, 4.69) is 36.3 Å². The Balaban J connectivity index is 2.33. The molecule has 1 heterocycles. The first-order chi connectivity index (χ1) is 8.48. The Morgan fingerprint density at radius 2 is 1.89 bits per heavy atom. The van der Waals surface area contributed by atoms with Crippen LogP contribution in [-0.4, -0.2) is 10.7 Å². The van der Waals surface area contributed by atoms with Crippen molar-refractivity contribution in [2.45, 2.75) is 27.7 Å². The summed E-state index contributed by atoms with van der Waals surface area (Å²) >= 11 is 0. The molecule has 3 heteroatoms. The van der Waals surface area contributed by atoms with Crippen molar-refractivity contribution in [1.29, 1.82) is 0 Å². The third kappa shape index (κ3) is 2.67. The van der Waals surface area contributed by atoms with Crippen molar-refractivity contribution in [2.24, 2.45) is 10.5 Å². The second-order valence-corrected chi connectivity index (χ2v) is 5.44. The largest absolute Gasteiger partial charge is 0.276 e. The number of nitrogens with one attached hydrogen (secondary N) is 1. The number of fused-ring (bicyclic) bond motifs is 1. The van der Waals surface area contributed by atoms with Gasteiger partial charge in [0.05, 0.1) is 11.2 Å². The molecule has 2 aromatic rings. The molecule has 0 fully saturated rings. The average Bonchev–Trinajstić information content (AvgIpc) is 2.34. The van der Waals surface area contributed by atoms with E-state index in [1.165, 1.54) is 0 Å². The van der Waals surface area contributed by atoms with E-state index in [0.29, 0.717) is 0 Å². The molecular weight excluding hydrogens is 222 g/mol. The number of hydrogen-bond donors (Lipinski definition) is 1. The summed E-state index contributed by atoms with van der Waals surface area (Å²) in [5.41, 5.74) is 6.15. The molecule has 0 unspecified atom stereocenters. The Labute approximate surface area is 108 Å². The summed E-state index contributed by atoms with van der Waals surface area (Å²) in [6.07, 6.45) is 1.80. The molecule has 0 amide bonds. The van der Waals surface area contributed by atoms with Crippen LogP contribution >= 0.6 is 0 Å². The third-order valence-corrected chi connectivity index (χ3v) is 3.06. The lowest BCUT2D eigenvalue weighted by atomic mass is 9.91. The smallest absolute Gasteiger partial charge is 0.0951 e. The third-order valence-electron chi connectivity index (χ3n) is 3.06. The maximum Gasteiger partial charge on any atom is 0.0951 e. The minimum absolute atomic E-state index is 0.0744. The van der Waals surface area contributed by atoms with E-state index in [9.17, 15) is 0 Å². The number of aromatic nitrogens is 1. The number of benzene rings is 1. The molecule has 1 aromatic heterocycles. The highest BCUT2D eigenvalue weighted by molar-refractivity contribution is 5.92. The fourth-order valence-electron chi connectivity index (χ4n) is 1.51. The predicted octanol–water partition coefficient (Wildman–Crippen LogP) is 4.07. The van der Waals surface area contributed by atoms with Crippen LogP contribution in [0.15, 0.2) is 41.6 Å². The van der Waals surface area contributed by atoms with Crippen molar-refractivity contribution in [2.75, 3.05) is 5.43 Å². The van der Waals surface area contributed by atoms with Crippen LogP contribution in [0.5, 0.6) is 0 Å². The van der Waals surface area contributed by atoms with Gasteiger partial charge in [-0.15, -0.1) is 0 Å². The van der Waals surface area contributed by atoms with Crippen molar-refractivity contribution in [3.8, 4) is 0 Å². The fraction of sp³-hybridized carbons (Fsp3) is 0.333. The number of para-hydroxylation sites is 1. The zero-order valence-corrected chi connectivity index (χ0v) is 11.4. The molecule has 18 heavy (non-hydrogen) atoms. The molecule has 0 atom stereocenters. The van der Waals surface area contributed by atoms with Crippen molar-refractivity contribution >= 4 is 22.3 Å². The van der Waals surface area contributed by atoms with E-state index < -0.39 is 0 Å². The van der Waals surface area contributed by atoms with Crippen LogP contribution in [0.25, 0.3) is 10.9 Å². The van der Waals surface area contributed by atoms with Crippen molar-refractivity contribution in [3.63, 3.8) is 0 Å². The molecule has 2 rings (SSSR count). The van der Waals surface area contributed by atoms with Crippen LogP contribution in [0.2, 0.25) is 0 Å². The van der Waals surface area contributed by atoms with E-state index in [0.717, 1.165) is 22.3 Å². The van der Waals surface area contributed by atoms with Gasteiger partial charge in [-0.3, -0.25) is 10.4 Å². The molecule has 1 N–H and O–H groups in total. The SMILES string of the molecule is CC(=NNc1cccc2cccnc12)C(C)(C)C. The van der Waals surface area contributed by atoms with Gasteiger partial charge in [-0.25, -0.2) is 0 Å². The molecule has 3 nitrogen and oxygen atoms in total. The Kier molecular flexibility index (Phi) is 3.32. The zero-order valence-electron chi connectivity index (χ0n) is 11.4. The lowest BCUT2D eigenvalue weighted by molar-refractivity contribution is 0.587. The van der Waals surface area contributed by atoms with Crippen molar-refractivity contribution in [1.82, 2.24) is 4.98 Å². The second kappa shape index (κ2) is 4.77. The zero-order chi connectivity index (χ0) is 13.2. The minimum Gasteiger partial charge on any atom is -0.276 e. The minimum atomic E-state index is 0.0744. The van der Waals surface area contributed by atoms with Crippen LogP contribution in [0.3, 0.4) is 0 Å².